The fourth-order valence-electron chi connectivity index (χ4n) is 2.72. The van der Waals surface area contributed by atoms with Crippen LogP contribution >= 0.6 is 0 Å². The first-order chi connectivity index (χ1) is 10.2. The van der Waals surface area contributed by atoms with Crippen LogP contribution < -0.4 is 5.32 Å². The van der Waals surface area contributed by atoms with E-state index in [1.807, 2.05) is 12.1 Å². The summed E-state index contributed by atoms with van der Waals surface area (Å²) in [5.41, 5.74) is 1.67. The lowest BCUT2D eigenvalue weighted by molar-refractivity contribution is -0.383. The number of para-hydroxylation sites is 1. The number of likely N-dealkylation sites (N-methyl/N-ethyl adjacent to an activating group) is 1. The van der Waals surface area contributed by atoms with Gasteiger partial charge >= 0.3 is 0 Å². The van der Waals surface area contributed by atoms with Crippen LogP contribution in [0.15, 0.2) is 30.5 Å². The van der Waals surface area contributed by atoms with Crippen molar-refractivity contribution in [3.8, 4) is 0 Å². The zero-order valence-electron chi connectivity index (χ0n) is 12.5. The Balaban J connectivity index is 2.40. The molecule has 0 saturated carbocycles. The van der Waals surface area contributed by atoms with Gasteiger partial charge in [0.15, 0.2) is 0 Å². The van der Waals surface area contributed by atoms with E-state index in [2.05, 4.69) is 24.1 Å². The van der Waals surface area contributed by atoms with E-state index < -0.39 is 0 Å². The molecule has 1 heterocycles. The molecule has 1 aromatic heterocycles. The third-order valence-electron chi connectivity index (χ3n) is 3.63. The van der Waals surface area contributed by atoms with E-state index >= 15 is 0 Å². The lowest BCUT2D eigenvalue weighted by Crippen LogP contribution is -2.30. The number of nitrogens with one attached hydrogen (secondary N) is 1. The SMILES string of the molecule is CCCC(Cc1ccnc2c([N+](=O)[O-])cccc12)NCC. The molecule has 112 valence electrons. The van der Waals surface area contributed by atoms with E-state index in [9.17, 15) is 10.1 Å². The summed E-state index contributed by atoms with van der Waals surface area (Å²) in [6.45, 7) is 5.19. The van der Waals surface area contributed by atoms with Crippen molar-refractivity contribution in [3.63, 3.8) is 0 Å². The monoisotopic (exact) mass is 287 g/mol. The van der Waals surface area contributed by atoms with Crippen molar-refractivity contribution in [2.75, 3.05) is 6.54 Å². The molecule has 1 unspecified atom stereocenters. The Hall–Kier alpha value is -2.01. The Morgan fingerprint density at radius 2 is 2.14 bits per heavy atom. The maximum atomic E-state index is 11.1. The molecular weight excluding hydrogens is 266 g/mol. The third kappa shape index (κ3) is 3.55. The van der Waals surface area contributed by atoms with Crippen LogP contribution in [-0.2, 0) is 6.42 Å². The predicted octanol–water partition coefficient (Wildman–Crippen LogP) is 3.46. The summed E-state index contributed by atoms with van der Waals surface area (Å²) in [6.07, 6.45) is 4.73. The normalized spacial score (nSPS) is 12.5. The topological polar surface area (TPSA) is 68.1 Å². The van der Waals surface area contributed by atoms with E-state index in [0.717, 1.165) is 36.8 Å². The van der Waals surface area contributed by atoms with Crippen LogP contribution in [0.5, 0.6) is 0 Å². The number of fused-ring (bicyclic) bond motifs is 1. The van der Waals surface area contributed by atoms with Gasteiger partial charge in [-0.1, -0.05) is 32.4 Å². The number of non-ortho nitro benzene ring substituents is 1. The predicted molar refractivity (Wildman–Crippen MR) is 84.5 cm³/mol. The number of rotatable bonds is 7. The molecule has 2 aromatic rings. The number of nitro groups is 1. The van der Waals surface area contributed by atoms with Gasteiger partial charge in [-0.15, -0.1) is 0 Å². The highest BCUT2D eigenvalue weighted by molar-refractivity contribution is 5.89. The minimum absolute atomic E-state index is 0.0739. The summed E-state index contributed by atoms with van der Waals surface area (Å²) in [6, 6.07) is 7.51. The standard InChI is InChI=1S/C16H21N3O2/c1-3-6-13(17-4-2)11-12-9-10-18-16-14(12)7-5-8-15(16)19(20)21/h5,7-10,13,17H,3-4,6,11H2,1-2H3. The summed E-state index contributed by atoms with van der Waals surface area (Å²) in [5, 5.41) is 15.5. The zero-order chi connectivity index (χ0) is 15.2. The molecule has 1 N–H and O–H groups in total. The molecular formula is C16H21N3O2. The van der Waals surface area contributed by atoms with Crippen LogP contribution in [0.4, 0.5) is 5.69 Å². The van der Waals surface area contributed by atoms with Gasteiger partial charge in [-0.3, -0.25) is 10.1 Å². The van der Waals surface area contributed by atoms with E-state index in [1.54, 1.807) is 12.3 Å². The van der Waals surface area contributed by atoms with E-state index in [1.165, 1.54) is 6.07 Å². The van der Waals surface area contributed by atoms with Crippen LogP contribution in [0.3, 0.4) is 0 Å². The molecule has 0 spiro atoms. The summed E-state index contributed by atoms with van der Waals surface area (Å²) in [4.78, 5) is 14.9. The summed E-state index contributed by atoms with van der Waals surface area (Å²) < 4.78 is 0. The second kappa shape index (κ2) is 7.13. The largest absolute Gasteiger partial charge is 0.314 e. The molecule has 1 atom stereocenters. The fourth-order valence-corrected chi connectivity index (χ4v) is 2.72. The molecule has 0 aliphatic rings. The van der Waals surface area contributed by atoms with Crippen LogP contribution in [0, 0.1) is 10.1 Å². The van der Waals surface area contributed by atoms with Crippen molar-refractivity contribution in [3.05, 3.63) is 46.1 Å². The van der Waals surface area contributed by atoms with E-state index in [-0.39, 0.29) is 10.6 Å². The van der Waals surface area contributed by atoms with Gasteiger partial charge in [0.2, 0.25) is 0 Å². The van der Waals surface area contributed by atoms with Crippen LogP contribution in [-0.4, -0.2) is 22.5 Å². The lowest BCUT2D eigenvalue weighted by Gasteiger charge is -2.18. The number of benzene rings is 1. The number of hydrogen-bond acceptors (Lipinski definition) is 4. The number of aromatic nitrogens is 1. The van der Waals surface area contributed by atoms with Gasteiger partial charge in [-0.25, -0.2) is 4.98 Å². The molecule has 21 heavy (non-hydrogen) atoms. The van der Waals surface area contributed by atoms with E-state index in [0.29, 0.717) is 11.6 Å². The second-order valence-electron chi connectivity index (χ2n) is 5.15. The van der Waals surface area contributed by atoms with Gasteiger partial charge < -0.3 is 5.32 Å². The van der Waals surface area contributed by atoms with Crippen molar-refractivity contribution in [2.45, 2.75) is 39.2 Å². The summed E-state index contributed by atoms with van der Waals surface area (Å²) >= 11 is 0. The number of nitro benzene ring substituents is 1. The molecule has 5 heteroatoms. The first-order valence-electron chi connectivity index (χ1n) is 7.41. The van der Waals surface area contributed by atoms with Crippen molar-refractivity contribution >= 4 is 16.6 Å². The third-order valence-corrected chi connectivity index (χ3v) is 3.63. The Morgan fingerprint density at radius 3 is 2.81 bits per heavy atom. The van der Waals surface area contributed by atoms with Gasteiger partial charge in [0, 0.05) is 23.7 Å². The van der Waals surface area contributed by atoms with Gasteiger partial charge in [-0.2, -0.15) is 0 Å². The molecule has 2 rings (SSSR count). The minimum Gasteiger partial charge on any atom is -0.314 e. The maximum absolute atomic E-state index is 11.1. The van der Waals surface area contributed by atoms with Crippen LogP contribution in [0.1, 0.15) is 32.3 Å². The number of pyridine rings is 1. The Morgan fingerprint density at radius 1 is 1.33 bits per heavy atom. The Labute approximate surface area is 124 Å². The Bertz CT molecular complexity index is 622. The molecule has 0 aliphatic carbocycles. The highest BCUT2D eigenvalue weighted by atomic mass is 16.6. The molecule has 0 fully saturated rings. The first kappa shape index (κ1) is 15.4. The van der Waals surface area contributed by atoms with Gasteiger partial charge in [0.25, 0.3) is 5.69 Å². The number of nitrogens with zero attached hydrogens (tertiary/aromatic N) is 2. The molecule has 5 nitrogen and oxygen atoms in total. The van der Waals surface area contributed by atoms with Crippen LogP contribution in [0.25, 0.3) is 10.9 Å². The first-order valence-corrected chi connectivity index (χ1v) is 7.41. The highest BCUT2D eigenvalue weighted by Gasteiger charge is 2.16. The highest BCUT2D eigenvalue weighted by Crippen LogP contribution is 2.26. The molecule has 0 bridgehead atoms. The van der Waals surface area contributed by atoms with Crippen molar-refractivity contribution < 1.29 is 4.92 Å². The lowest BCUT2D eigenvalue weighted by atomic mass is 9.98. The van der Waals surface area contributed by atoms with Crippen molar-refractivity contribution in [1.82, 2.24) is 10.3 Å². The van der Waals surface area contributed by atoms with Gasteiger partial charge in [-0.05, 0) is 31.0 Å². The van der Waals surface area contributed by atoms with Crippen molar-refractivity contribution in [1.29, 1.82) is 0 Å². The zero-order valence-corrected chi connectivity index (χ0v) is 12.5. The average molecular weight is 287 g/mol. The average Bonchev–Trinajstić information content (AvgIpc) is 2.47. The van der Waals surface area contributed by atoms with Crippen LogP contribution in [0.2, 0.25) is 0 Å². The molecule has 0 saturated heterocycles. The molecule has 0 radical (unpaired) electrons. The molecule has 0 amide bonds. The summed E-state index contributed by atoms with van der Waals surface area (Å²) in [5.74, 6) is 0. The Kier molecular flexibility index (Phi) is 5.22. The summed E-state index contributed by atoms with van der Waals surface area (Å²) in [7, 11) is 0. The maximum Gasteiger partial charge on any atom is 0.295 e. The van der Waals surface area contributed by atoms with Gasteiger partial charge in [0.1, 0.15) is 5.52 Å². The smallest absolute Gasteiger partial charge is 0.295 e. The van der Waals surface area contributed by atoms with Gasteiger partial charge in [0.05, 0.1) is 4.92 Å². The quantitative estimate of drug-likeness (QED) is 0.625. The molecule has 1 aromatic carbocycles. The fraction of sp³-hybridized carbons (Fsp3) is 0.438. The van der Waals surface area contributed by atoms with E-state index in [4.69, 9.17) is 0 Å². The van der Waals surface area contributed by atoms with Crippen molar-refractivity contribution in [2.24, 2.45) is 0 Å². The molecule has 0 aliphatic heterocycles. The number of hydrogen-bond donors (Lipinski definition) is 1. The second-order valence-corrected chi connectivity index (χ2v) is 5.15. The minimum atomic E-state index is -0.368.